The molecule has 0 aliphatic carbocycles. The van der Waals surface area contributed by atoms with Gasteiger partial charge in [-0.2, -0.15) is 5.10 Å². The van der Waals surface area contributed by atoms with Crippen LogP contribution in [0.25, 0.3) is 0 Å². The number of amidine groups is 1. The molecule has 1 heterocycles. The van der Waals surface area contributed by atoms with Crippen LogP contribution in [-0.4, -0.2) is 24.0 Å². The van der Waals surface area contributed by atoms with Crippen molar-refractivity contribution in [2.24, 2.45) is 12.8 Å². The number of benzene rings is 1. The minimum Gasteiger partial charge on any atom is -0.384 e. The Kier molecular flexibility index (Phi) is 3.45. The first kappa shape index (κ1) is 14.0. The molecule has 0 radical (unpaired) electrons. The molecule has 106 valence electrons. The lowest BCUT2D eigenvalue weighted by atomic mass is 10.2. The number of rotatable bonds is 4. The Morgan fingerprint density at radius 3 is 2.70 bits per heavy atom. The highest BCUT2D eigenvalue weighted by Crippen LogP contribution is 2.19. The average Bonchev–Trinajstić information content (AvgIpc) is 2.79. The van der Waals surface area contributed by atoms with E-state index in [0.717, 1.165) is 12.3 Å². The molecule has 0 fully saturated rings. The van der Waals surface area contributed by atoms with Crippen LogP contribution in [0.15, 0.2) is 35.5 Å². The van der Waals surface area contributed by atoms with Gasteiger partial charge in [-0.05, 0) is 18.2 Å². The molecule has 0 amide bonds. The van der Waals surface area contributed by atoms with E-state index in [1.807, 2.05) is 0 Å². The van der Waals surface area contributed by atoms with Gasteiger partial charge in [0.25, 0.3) is 10.0 Å². The predicted molar refractivity (Wildman–Crippen MR) is 71.4 cm³/mol. The summed E-state index contributed by atoms with van der Waals surface area (Å²) in [6.07, 6.45) is 2.45. The highest BCUT2D eigenvalue weighted by molar-refractivity contribution is 7.92. The smallest absolute Gasteiger partial charge is 0.265 e. The minimum absolute atomic E-state index is 0.0740. The zero-order valence-corrected chi connectivity index (χ0v) is 11.3. The SMILES string of the molecule is Cn1cc(S(=O)(=O)Nc2ccc(C(=N)N)cc2F)cn1. The van der Waals surface area contributed by atoms with Crippen LogP contribution in [-0.2, 0) is 17.1 Å². The maximum Gasteiger partial charge on any atom is 0.265 e. The lowest BCUT2D eigenvalue weighted by molar-refractivity contribution is 0.598. The highest BCUT2D eigenvalue weighted by atomic mass is 32.2. The van der Waals surface area contributed by atoms with Crippen molar-refractivity contribution < 1.29 is 12.8 Å². The van der Waals surface area contributed by atoms with Gasteiger partial charge in [0.2, 0.25) is 0 Å². The van der Waals surface area contributed by atoms with Crippen molar-refractivity contribution in [1.82, 2.24) is 9.78 Å². The fourth-order valence-electron chi connectivity index (χ4n) is 1.51. The lowest BCUT2D eigenvalue weighted by Gasteiger charge is -2.08. The molecule has 1 aromatic carbocycles. The summed E-state index contributed by atoms with van der Waals surface area (Å²) in [7, 11) is -2.34. The van der Waals surface area contributed by atoms with Crippen LogP contribution in [0.1, 0.15) is 5.56 Å². The molecule has 0 saturated carbocycles. The fourth-order valence-corrected chi connectivity index (χ4v) is 2.56. The van der Waals surface area contributed by atoms with Crippen molar-refractivity contribution in [3.63, 3.8) is 0 Å². The number of nitrogen functional groups attached to an aromatic ring is 1. The first-order valence-electron chi connectivity index (χ1n) is 5.45. The summed E-state index contributed by atoms with van der Waals surface area (Å²) in [4.78, 5) is -0.0740. The second kappa shape index (κ2) is 4.93. The Balaban J connectivity index is 2.32. The standard InChI is InChI=1S/C11H12FN5O2S/c1-17-6-8(5-15-17)20(18,19)16-10-3-2-7(11(13)14)4-9(10)12/h2-6,16H,1H3,(H3,13,14). The molecule has 0 spiro atoms. The molecule has 0 aliphatic rings. The van der Waals surface area contributed by atoms with Crippen molar-refractivity contribution in [3.8, 4) is 0 Å². The summed E-state index contributed by atoms with van der Waals surface area (Å²) in [5, 5.41) is 10.9. The van der Waals surface area contributed by atoms with Gasteiger partial charge >= 0.3 is 0 Å². The van der Waals surface area contributed by atoms with Gasteiger partial charge in [-0.1, -0.05) is 0 Å². The second-order valence-corrected chi connectivity index (χ2v) is 5.75. The zero-order valence-electron chi connectivity index (χ0n) is 10.5. The molecular formula is C11H12FN5O2S. The van der Waals surface area contributed by atoms with Crippen LogP contribution in [0.2, 0.25) is 0 Å². The maximum atomic E-state index is 13.8. The van der Waals surface area contributed by atoms with E-state index in [1.165, 1.54) is 23.0 Å². The third-order valence-electron chi connectivity index (χ3n) is 2.52. The number of sulfonamides is 1. The molecule has 0 atom stereocenters. The monoisotopic (exact) mass is 297 g/mol. The predicted octanol–water partition coefficient (Wildman–Crippen LogP) is 0.644. The third-order valence-corrected chi connectivity index (χ3v) is 3.84. The molecule has 20 heavy (non-hydrogen) atoms. The van der Waals surface area contributed by atoms with E-state index in [9.17, 15) is 12.8 Å². The molecule has 0 saturated heterocycles. The summed E-state index contributed by atoms with van der Waals surface area (Å²) >= 11 is 0. The Morgan fingerprint density at radius 1 is 1.50 bits per heavy atom. The molecule has 0 aliphatic heterocycles. The highest BCUT2D eigenvalue weighted by Gasteiger charge is 2.18. The molecule has 4 N–H and O–H groups in total. The van der Waals surface area contributed by atoms with E-state index in [0.29, 0.717) is 0 Å². The number of nitrogens with zero attached hydrogens (tertiary/aromatic N) is 2. The van der Waals surface area contributed by atoms with Gasteiger partial charge in [-0.15, -0.1) is 0 Å². The van der Waals surface area contributed by atoms with Crippen LogP contribution in [0.4, 0.5) is 10.1 Å². The van der Waals surface area contributed by atoms with Gasteiger partial charge in [-0.3, -0.25) is 14.8 Å². The number of hydrogen-bond acceptors (Lipinski definition) is 4. The summed E-state index contributed by atoms with van der Waals surface area (Å²) < 4.78 is 41.2. The van der Waals surface area contributed by atoms with Crippen LogP contribution in [0.3, 0.4) is 0 Å². The maximum absolute atomic E-state index is 13.8. The molecule has 1 aromatic heterocycles. The van der Waals surface area contributed by atoms with Gasteiger partial charge < -0.3 is 5.73 Å². The number of aromatic nitrogens is 2. The van der Waals surface area contributed by atoms with E-state index in [4.69, 9.17) is 11.1 Å². The minimum atomic E-state index is -3.91. The second-order valence-electron chi connectivity index (χ2n) is 4.06. The largest absolute Gasteiger partial charge is 0.384 e. The molecule has 9 heteroatoms. The van der Waals surface area contributed by atoms with Crippen LogP contribution in [0, 0.1) is 11.2 Å². The van der Waals surface area contributed by atoms with Gasteiger partial charge in [-0.25, -0.2) is 12.8 Å². The first-order chi connectivity index (χ1) is 9.29. The Bertz CT molecular complexity index is 769. The molecule has 2 aromatic rings. The Morgan fingerprint density at radius 2 is 2.20 bits per heavy atom. The number of hydrogen-bond donors (Lipinski definition) is 3. The number of nitrogens with one attached hydrogen (secondary N) is 2. The quantitative estimate of drug-likeness (QED) is 0.567. The molecular weight excluding hydrogens is 285 g/mol. The summed E-state index contributed by atoms with van der Waals surface area (Å²) in [6, 6.07) is 3.55. The average molecular weight is 297 g/mol. The van der Waals surface area contributed by atoms with E-state index < -0.39 is 15.8 Å². The number of nitrogens with two attached hydrogens (primary N) is 1. The fraction of sp³-hybridized carbons (Fsp3) is 0.0909. The summed E-state index contributed by atoms with van der Waals surface area (Å²) in [5.41, 5.74) is 5.17. The van der Waals surface area contributed by atoms with Crippen molar-refractivity contribution in [3.05, 3.63) is 42.0 Å². The summed E-state index contributed by atoms with van der Waals surface area (Å²) in [6.45, 7) is 0. The van der Waals surface area contributed by atoms with Gasteiger partial charge in [0.1, 0.15) is 16.5 Å². The first-order valence-corrected chi connectivity index (χ1v) is 6.93. The number of anilines is 1. The van der Waals surface area contributed by atoms with E-state index in [-0.39, 0.29) is 22.0 Å². The zero-order chi connectivity index (χ0) is 14.9. The summed E-state index contributed by atoms with van der Waals surface area (Å²) in [5.74, 6) is -1.12. The topological polar surface area (TPSA) is 114 Å². The Labute approximate surface area is 114 Å². The van der Waals surface area contributed by atoms with E-state index >= 15 is 0 Å². The molecule has 2 rings (SSSR count). The van der Waals surface area contributed by atoms with Crippen molar-refractivity contribution in [1.29, 1.82) is 5.41 Å². The molecule has 0 bridgehead atoms. The molecule has 0 unspecified atom stereocenters. The normalized spacial score (nSPS) is 11.3. The van der Waals surface area contributed by atoms with Crippen LogP contribution < -0.4 is 10.5 Å². The van der Waals surface area contributed by atoms with Crippen molar-refractivity contribution in [2.45, 2.75) is 4.90 Å². The van der Waals surface area contributed by atoms with Crippen molar-refractivity contribution in [2.75, 3.05) is 4.72 Å². The van der Waals surface area contributed by atoms with E-state index in [2.05, 4.69) is 9.82 Å². The van der Waals surface area contributed by atoms with Gasteiger partial charge in [0.05, 0.1) is 11.9 Å². The lowest BCUT2D eigenvalue weighted by Crippen LogP contribution is -2.15. The van der Waals surface area contributed by atoms with Crippen molar-refractivity contribution >= 4 is 21.5 Å². The van der Waals surface area contributed by atoms with Gasteiger partial charge in [0, 0.05) is 18.8 Å². The van der Waals surface area contributed by atoms with Gasteiger partial charge in [0.15, 0.2) is 0 Å². The Hall–Kier alpha value is -2.42. The van der Waals surface area contributed by atoms with Crippen LogP contribution in [0.5, 0.6) is 0 Å². The number of halogens is 1. The van der Waals surface area contributed by atoms with E-state index in [1.54, 1.807) is 7.05 Å². The number of aryl methyl sites for hydroxylation is 1. The molecule has 7 nitrogen and oxygen atoms in total. The van der Waals surface area contributed by atoms with Crippen LogP contribution >= 0.6 is 0 Å². The third kappa shape index (κ3) is 2.77.